The molecule has 1 heterocycles. The molecule has 1 aliphatic heterocycles. The largest absolute Gasteiger partial charge is 0.371 e. The van der Waals surface area contributed by atoms with Crippen LogP contribution in [0.25, 0.3) is 0 Å². The van der Waals surface area contributed by atoms with Gasteiger partial charge >= 0.3 is 0 Å². The highest BCUT2D eigenvalue weighted by molar-refractivity contribution is 5.46. The van der Waals surface area contributed by atoms with Gasteiger partial charge in [-0.2, -0.15) is 0 Å². The second-order valence-electron chi connectivity index (χ2n) is 5.09. The summed E-state index contributed by atoms with van der Waals surface area (Å²) in [6.45, 7) is 5.39. The second kappa shape index (κ2) is 6.60. The molecule has 3 heteroatoms. The lowest BCUT2D eigenvalue weighted by molar-refractivity contribution is 0.278. The van der Waals surface area contributed by atoms with Gasteiger partial charge in [0.05, 0.1) is 6.54 Å². The van der Waals surface area contributed by atoms with Gasteiger partial charge in [-0.25, -0.2) is 0 Å². The topological polar surface area (TPSA) is 41.3 Å². The molecule has 0 bridgehead atoms. The zero-order valence-corrected chi connectivity index (χ0v) is 11.7. The molecule has 0 spiro atoms. The summed E-state index contributed by atoms with van der Waals surface area (Å²) in [4.78, 5) is 2.43. The predicted molar refractivity (Wildman–Crippen MR) is 81.1 cm³/mol. The first-order valence-electron chi connectivity index (χ1n) is 6.94. The maximum Gasteiger partial charge on any atom is 0.0581 e. The van der Waals surface area contributed by atoms with Gasteiger partial charge in [-0.1, -0.05) is 24.1 Å². The molecule has 3 N–H and O–H groups in total. The summed E-state index contributed by atoms with van der Waals surface area (Å²) in [6.07, 6.45) is 2.15. The van der Waals surface area contributed by atoms with Crippen LogP contribution in [-0.4, -0.2) is 31.7 Å². The molecule has 0 saturated carbocycles. The van der Waals surface area contributed by atoms with Gasteiger partial charge in [0.2, 0.25) is 0 Å². The van der Waals surface area contributed by atoms with E-state index in [1.165, 1.54) is 5.69 Å². The fourth-order valence-corrected chi connectivity index (χ4v) is 2.60. The van der Waals surface area contributed by atoms with Gasteiger partial charge in [0, 0.05) is 30.9 Å². The summed E-state index contributed by atoms with van der Waals surface area (Å²) < 4.78 is 0. The third-order valence-electron chi connectivity index (χ3n) is 3.96. The zero-order chi connectivity index (χ0) is 13.6. The normalized spacial score (nSPS) is 17.7. The number of nitrogens with two attached hydrogens (primary N) is 1. The molecule has 1 aromatic carbocycles. The lowest BCUT2D eigenvalue weighted by Gasteiger charge is -2.42. The smallest absolute Gasteiger partial charge is 0.0581 e. The minimum absolute atomic E-state index is 0.0646. The van der Waals surface area contributed by atoms with Crippen LogP contribution in [0.4, 0.5) is 5.69 Å². The van der Waals surface area contributed by atoms with E-state index in [4.69, 9.17) is 5.73 Å². The van der Waals surface area contributed by atoms with Crippen LogP contribution in [0.5, 0.6) is 0 Å². The van der Waals surface area contributed by atoms with Crippen LogP contribution in [0, 0.1) is 11.8 Å². The molecule has 102 valence electrons. The summed E-state index contributed by atoms with van der Waals surface area (Å²) >= 11 is 0. The molecule has 2 rings (SSSR count). The molecule has 1 saturated heterocycles. The van der Waals surface area contributed by atoms with Crippen molar-refractivity contribution >= 4 is 5.69 Å². The molecule has 1 fully saturated rings. The number of hydrogen-bond acceptors (Lipinski definition) is 3. The van der Waals surface area contributed by atoms with Crippen molar-refractivity contribution in [2.45, 2.75) is 25.3 Å². The van der Waals surface area contributed by atoms with Crippen LogP contribution in [0.3, 0.4) is 0 Å². The van der Waals surface area contributed by atoms with Gasteiger partial charge in [-0.05, 0) is 31.9 Å². The Hall–Kier alpha value is -1.50. The lowest BCUT2D eigenvalue weighted by Crippen LogP contribution is -2.57. The van der Waals surface area contributed by atoms with Crippen LogP contribution in [0.1, 0.15) is 19.8 Å². The number of nitrogens with zero attached hydrogens (tertiary/aromatic N) is 1. The first-order chi connectivity index (χ1) is 9.29. The van der Waals surface area contributed by atoms with E-state index < -0.39 is 0 Å². The van der Waals surface area contributed by atoms with E-state index in [9.17, 15) is 0 Å². The summed E-state index contributed by atoms with van der Waals surface area (Å²) in [7, 11) is 0. The quantitative estimate of drug-likeness (QED) is 0.805. The Morgan fingerprint density at radius 2 is 1.95 bits per heavy atom. The van der Waals surface area contributed by atoms with Crippen LogP contribution in [-0.2, 0) is 0 Å². The van der Waals surface area contributed by atoms with Gasteiger partial charge in [-0.15, -0.1) is 5.92 Å². The lowest BCUT2D eigenvalue weighted by atomic mass is 9.87. The fourth-order valence-electron chi connectivity index (χ4n) is 2.60. The Morgan fingerprint density at radius 1 is 1.26 bits per heavy atom. The third-order valence-corrected chi connectivity index (χ3v) is 3.96. The number of benzene rings is 1. The SMILES string of the molecule is CC#CCNC1(CN)CCN(c2ccccc2)CC1. The molecule has 0 unspecified atom stereocenters. The first kappa shape index (κ1) is 13.9. The predicted octanol–water partition coefficient (Wildman–Crippen LogP) is 1.60. The van der Waals surface area contributed by atoms with Crippen molar-refractivity contribution in [3.63, 3.8) is 0 Å². The van der Waals surface area contributed by atoms with E-state index in [1.807, 2.05) is 6.92 Å². The first-order valence-corrected chi connectivity index (χ1v) is 6.94. The highest BCUT2D eigenvalue weighted by Gasteiger charge is 2.32. The molecule has 19 heavy (non-hydrogen) atoms. The third kappa shape index (κ3) is 3.50. The number of hydrogen-bond donors (Lipinski definition) is 2. The van der Waals surface area contributed by atoms with Crippen LogP contribution >= 0.6 is 0 Å². The molecular formula is C16H23N3. The van der Waals surface area contributed by atoms with E-state index in [0.717, 1.165) is 32.5 Å². The van der Waals surface area contributed by atoms with Crippen molar-refractivity contribution in [1.82, 2.24) is 5.32 Å². The molecule has 0 aromatic heterocycles. The van der Waals surface area contributed by atoms with Crippen molar-refractivity contribution in [3.05, 3.63) is 30.3 Å². The Labute approximate surface area is 116 Å². The van der Waals surface area contributed by atoms with Gasteiger partial charge < -0.3 is 10.6 Å². The van der Waals surface area contributed by atoms with Crippen molar-refractivity contribution in [1.29, 1.82) is 0 Å². The number of piperidine rings is 1. The summed E-state index contributed by atoms with van der Waals surface area (Å²) in [5.74, 6) is 5.99. The molecule has 1 aliphatic rings. The number of nitrogens with one attached hydrogen (secondary N) is 1. The summed E-state index contributed by atoms with van der Waals surface area (Å²) in [5, 5.41) is 3.53. The van der Waals surface area contributed by atoms with Crippen molar-refractivity contribution in [3.8, 4) is 11.8 Å². The molecule has 0 amide bonds. The summed E-state index contributed by atoms with van der Waals surface area (Å²) in [6, 6.07) is 10.6. The van der Waals surface area contributed by atoms with E-state index >= 15 is 0 Å². The highest BCUT2D eigenvalue weighted by atomic mass is 15.2. The Balaban J connectivity index is 1.94. The van der Waals surface area contributed by atoms with Crippen molar-refractivity contribution in [2.24, 2.45) is 5.73 Å². The molecule has 0 radical (unpaired) electrons. The van der Waals surface area contributed by atoms with E-state index in [1.54, 1.807) is 0 Å². The Bertz CT molecular complexity index is 436. The fraction of sp³-hybridized carbons (Fsp3) is 0.500. The van der Waals surface area contributed by atoms with E-state index in [2.05, 4.69) is 52.4 Å². The molecule has 3 nitrogen and oxygen atoms in total. The average molecular weight is 257 g/mol. The number of rotatable bonds is 4. The van der Waals surface area contributed by atoms with Gasteiger partial charge in [0.15, 0.2) is 0 Å². The standard InChI is InChI=1S/C16H23N3/c1-2-3-11-18-16(14-17)9-12-19(13-10-16)15-7-5-4-6-8-15/h4-8,18H,9-14,17H2,1H3. The van der Waals surface area contributed by atoms with E-state index in [0.29, 0.717) is 6.54 Å². The Kier molecular flexibility index (Phi) is 4.84. The van der Waals surface area contributed by atoms with Crippen LogP contribution in [0.2, 0.25) is 0 Å². The average Bonchev–Trinajstić information content (AvgIpc) is 2.49. The maximum absolute atomic E-state index is 5.98. The Morgan fingerprint density at radius 3 is 2.53 bits per heavy atom. The van der Waals surface area contributed by atoms with E-state index in [-0.39, 0.29) is 5.54 Å². The van der Waals surface area contributed by atoms with Crippen LogP contribution < -0.4 is 16.0 Å². The number of para-hydroxylation sites is 1. The minimum atomic E-state index is 0.0646. The monoisotopic (exact) mass is 257 g/mol. The van der Waals surface area contributed by atoms with Gasteiger partial charge in [0.25, 0.3) is 0 Å². The molecular weight excluding hydrogens is 234 g/mol. The van der Waals surface area contributed by atoms with Crippen LogP contribution in [0.15, 0.2) is 30.3 Å². The van der Waals surface area contributed by atoms with Crippen molar-refractivity contribution < 1.29 is 0 Å². The van der Waals surface area contributed by atoms with Gasteiger partial charge in [-0.3, -0.25) is 5.32 Å². The zero-order valence-electron chi connectivity index (χ0n) is 11.7. The molecule has 0 atom stereocenters. The molecule has 0 aliphatic carbocycles. The second-order valence-corrected chi connectivity index (χ2v) is 5.09. The summed E-state index contributed by atoms with van der Waals surface area (Å²) in [5.41, 5.74) is 7.35. The maximum atomic E-state index is 5.98. The van der Waals surface area contributed by atoms with Gasteiger partial charge in [0.1, 0.15) is 0 Å². The molecule has 1 aromatic rings. The number of anilines is 1. The van der Waals surface area contributed by atoms with Crippen molar-refractivity contribution in [2.75, 3.05) is 31.1 Å². The minimum Gasteiger partial charge on any atom is -0.371 e. The highest BCUT2D eigenvalue weighted by Crippen LogP contribution is 2.25.